The van der Waals surface area contributed by atoms with Crippen LogP contribution < -0.4 is 5.73 Å². The van der Waals surface area contributed by atoms with E-state index >= 15 is 0 Å². The minimum Gasteiger partial charge on any atom is -0.374 e. The van der Waals surface area contributed by atoms with Crippen molar-refractivity contribution in [2.45, 2.75) is 39.0 Å². The average Bonchev–Trinajstić information content (AvgIpc) is 2.40. The molecule has 0 spiro atoms. The van der Waals surface area contributed by atoms with Crippen molar-refractivity contribution in [3.63, 3.8) is 0 Å². The van der Waals surface area contributed by atoms with Crippen molar-refractivity contribution in [1.29, 1.82) is 0 Å². The van der Waals surface area contributed by atoms with E-state index in [0.717, 1.165) is 17.7 Å². The van der Waals surface area contributed by atoms with E-state index in [1.54, 1.807) is 6.07 Å². The molecule has 4 heteroatoms. The lowest BCUT2D eigenvalue weighted by Gasteiger charge is -2.44. The largest absolute Gasteiger partial charge is 0.374 e. The van der Waals surface area contributed by atoms with Crippen molar-refractivity contribution in [3.05, 3.63) is 35.1 Å². The Morgan fingerprint density at radius 3 is 2.84 bits per heavy atom. The molecule has 2 rings (SSSR count). The van der Waals surface area contributed by atoms with E-state index in [4.69, 9.17) is 10.5 Å². The number of ether oxygens (including phenoxy) is 1. The van der Waals surface area contributed by atoms with E-state index < -0.39 is 0 Å². The smallest absolute Gasteiger partial charge is 0.123 e. The summed E-state index contributed by atoms with van der Waals surface area (Å²) in [6, 6.07) is 5.36. The molecule has 1 aliphatic rings. The van der Waals surface area contributed by atoms with Gasteiger partial charge in [0.15, 0.2) is 0 Å². The number of halogens is 1. The van der Waals surface area contributed by atoms with E-state index in [-0.39, 0.29) is 18.0 Å². The topological polar surface area (TPSA) is 38.5 Å². The van der Waals surface area contributed by atoms with Crippen LogP contribution in [0.25, 0.3) is 0 Å². The first kappa shape index (κ1) is 14.4. The van der Waals surface area contributed by atoms with Gasteiger partial charge in [-0.05, 0) is 44.0 Å². The fourth-order valence-corrected chi connectivity index (χ4v) is 2.84. The Morgan fingerprint density at radius 2 is 2.21 bits per heavy atom. The molecule has 0 radical (unpaired) electrons. The van der Waals surface area contributed by atoms with Crippen molar-refractivity contribution in [3.8, 4) is 0 Å². The molecule has 1 fully saturated rings. The standard InChI is InChI=1S/C15H23FN2O/c1-10(2)18-6-7-19-14(9-17)15(18)13-8-12(16)5-4-11(13)3/h4-5,8,10,14-15H,6-7,9,17H2,1-3H3. The molecular weight excluding hydrogens is 243 g/mol. The fourth-order valence-electron chi connectivity index (χ4n) is 2.84. The van der Waals surface area contributed by atoms with Crippen LogP contribution in [-0.2, 0) is 4.74 Å². The zero-order valence-electron chi connectivity index (χ0n) is 11.9. The molecule has 2 atom stereocenters. The van der Waals surface area contributed by atoms with Gasteiger partial charge in [0.25, 0.3) is 0 Å². The highest BCUT2D eigenvalue weighted by Crippen LogP contribution is 2.33. The molecule has 106 valence electrons. The molecule has 0 saturated carbocycles. The lowest BCUT2D eigenvalue weighted by atomic mass is 9.93. The van der Waals surface area contributed by atoms with E-state index in [0.29, 0.717) is 19.2 Å². The molecule has 1 aromatic rings. The number of morpholine rings is 1. The second-order valence-electron chi connectivity index (χ2n) is 5.42. The van der Waals surface area contributed by atoms with Crippen LogP contribution in [0, 0.1) is 12.7 Å². The lowest BCUT2D eigenvalue weighted by molar-refractivity contribution is -0.0791. The number of nitrogens with two attached hydrogens (primary N) is 1. The van der Waals surface area contributed by atoms with Gasteiger partial charge in [0.2, 0.25) is 0 Å². The maximum absolute atomic E-state index is 13.6. The first-order valence-corrected chi connectivity index (χ1v) is 6.88. The summed E-state index contributed by atoms with van der Waals surface area (Å²) in [4.78, 5) is 2.35. The van der Waals surface area contributed by atoms with Crippen molar-refractivity contribution in [1.82, 2.24) is 4.90 Å². The molecule has 2 N–H and O–H groups in total. The van der Waals surface area contributed by atoms with Gasteiger partial charge in [-0.25, -0.2) is 4.39 Å². The number of aryl methyl sites for hydroxylation is 1. The van der Waals surface area contributed by atoms with E-state index in [1.165, 1.54) is 6.07 Å². The third kappa shape index (κ3) is 2.96. The zero-order valence-corrected chi connectivity index (χ0v) is 11.9. The summed E-state index contributed by atoms with van der Waals surface area (Å²) in [5.74, 6) is -0.203. The third-order valence-electron chi connectivity index (χ3n) is 3.85. The van der Waals surface area contributed by atoms with Crippen LogP contribution in [0.15, 0.2) is 18.2 Å². The van der Waals surface area contributed by atoms with Gasteiger partial charge in [-0.1, -0.05) is 6.07 Å². The van der Waals surface area contributed by atoms with Crippen molar-refractivity contribution in [2.24, 2.45) is 5.73 Å². The third-order valence-corrected chi connectivity index (χ3v) is 3.85. The molecule has 2 unspecified atom stereocenters. The predicted octanol–water partition coefficient (Wildman–Crippen LogP) is 2.24. The van der Waals surface area contributed by atoms with E-state index in [1.807, 2.05) is 13.0 Å². The lowest BCUT2D eigenvalue weighted by Crippen LogP contribution is -2.50. The molecule has 0 bridgehead atoms. The van der Waals surface area contributed by atoms with Crippen LogP contribution in [0.2, 0.25) is 0 Å². The van der Waals surface area contributed by atoms with Crippen LogP contribution in [0.3, 0.4) is 0 Å². The average molecular weight is 266 g/mol. The molecule has 1 heterocycles. The first-order chi connectivity index (χ1) is 9.04. The van der Waals surface area contributed by atoms with Gasteiger partial charge in [-0.2, -0.15) is 0 Å². The zero-order chi connectivity index (χ0) is 14.0. The van der Waals surface area contributed by atoms with Crippen molar-refractivity contribution < 1.29 is 9.13 Å². The molecule has 3 nitrogen and oxygen atoms in total. The summed E-state index contributed by atoms with van der Waals surface area (Å²) >= 11 is 0. The molecule has 0 aliphatic carbocycles. The summed E-state index contributed by atoms with van der Waals surface area (Å²) in [5, 5.41) is 0. The highest BCUT2D eigenvalue weighted by molar-refractivity contribution is 5.31. The summed E-state index contributed by atoms with van der Waals surface area (Å²) in [5.41, 5.74) is 7.91. The van der Waals surface area contributed by atoms with Crippen molar-refractivity contribution in [2.75, 3.05) is 19.7 Å². The molecule has 1 saturated heterocycles. The van der Waals surface area contributed by atoms with Crippen LogP contribution in [-0.4, -0.2) is 36.7 Å². The SMILES string of the molecule is Cc1ccc(F)cc1C1C(CN)OCCN1C(C)C. The molecule has 1 aliphatic heterocycles. The molecule has 19 heavy (non-hydrogen) atoms. The van der Waals surface area contributed by atoms with Gasteiger partial charge < -0.3 is 10.5 Å². The van der Waals surface area contributed by atoms with Gasteiger partial charge in [-0.15, -0.1) is 0 Å². The summed E-state index contributed by atoms with van der Waals surface area (Å²) < 4.78 is 19.4. The number of hydrogen-bond donors (Lipinski definition) is 1. The van der Waals surface area contributed by atoms with Gasteiger partial charge in [-0.3, -0.25) is 4.90 Å². The van der Waals surface area contributed by atoms with Crippen LogP contribution >= 0.6 is 0 Å². The summed E-state index contributed by atoms with van der Waals surface area (Å²) in [6.45, 7) is 8.31. The molecule has 1 aromatic carbocycles. The van der Waals surface area contributed by atoms with Crippen LogP contribution in [0.4, 0.5) is 4.39 Å². The predicted molar refractivity (Wildman–Crippen MR) is 74.5 cm³/mol. The molecular formula is C15H23FN2O. The summed E-state index contributed by atoms with van der Waals surface area (Å²) in [6.07, 6.45) is -0.0725. The Hall–Kier alpha value is -0.970. The highest BCUT2D eigenvalue weighted by atomic mass is 19.1. The fraction of sp³-hybridized carbons (Fsp3) is 0.600. The monoisotopic (exact) mass is 266 g/mol. The van der Waals surface area contributed by atoms with Gasteiger partial charge >= 0.3 is 0 Å². The Balaban J connectivity index is 2.42. The van der Waals surface area contributed by atoms with Crippen molar-refractivity contribution >= 4 is 0 Å². The number of nitrogens with zero attached hydrogens (tertiary/aromatic N) is 1. The maximum atomic E-state index is 13.6. The normalized spacial score (nSPS) is 24.9. The number of hydrogen-bond acceptors (Lipinski definition) is 3. The van der Waals surface area contributed by atoms with Crippen LogP contribution in [0.5, 0.6) is 0 Å². The van der Waals surface area contributed by atoms with Gasteiger partial charge in [0.1, 0.15) is 5.82 Å². The Bertz CT molecular complexity index is 436. The second kappa shape index (κ2) is 5.99. The number of benzene rings is 1. The molecule has 0 aromatic heterocycles. The number of rotatable bonds is 3. The highest BCUT2D eigenvalue weighted by Gasteiger charge is 2.35. The Kier molecular flexibility index (Phi) is 4.55. The molecule has 0 amide bonds. The summed E-state index contributed by atoms with van der Waals surface area (Å²) in [7, 11) is 0. The Morgan fingerprint density at radius 1 is 1.47 bits per heavy atom. The van der Waals surface area contributed by atoms with Gasteiger partial charge in [0.05, 0.1) is 18.8 Å². The minimum absolute atomic E-state index is 0.0365. The van der Waals surface area contributed by atoms with Gasteiger partial charge in [0, 0.05) is 19.1 Å². The second-order valence-corrected chi connectivity index (χ2v) is 5.42. The minimum atomic E-state index is -0.203. The first-order valence-electron chi connectivity index (χ1n) is 6.88. The Labute approximate surface area is 114 Å². The van der Waals surface area contributed by atoms with Crippen LogP contribution in [0.1, 0.15) is 31.0 Å². The van der Waals surface area contributed by atoms with E-state index in [2.05, 4.69) is 18.7 Å². The quantitative estimate of drug-likeness (QED) is 0.912. The maximum Gasteiger partial charge on any atom is 0.123 e. The van der Waals surface area contributed by atoms with E-state index in [9.17, 15) is 4.39 Å².